The van der Waals surface area contributed by atoms with Crippen molar-refractivity contribution in [3.05, 3.63) is 34.6 Å². The van der Waals surface area contributed by atoms with Crippen molar-refractivity contribution >= 4 is 5.97 Å². The fourth-order valence-electron chi connectivity index (χ4n) is 5.22. The first-order valence-corrected chi connectivity index (χ1v) is 10.7. The average molecular weight is 391 g/mol. The molecule has 5 heteroatoms. The van der Waals surface area contributed by atoms with Crippen LogP contribution >= 0.6 is 0 Å². The molecular formula is C23H35FN2O2. The minimum atomic E-state index is -0.471. The van der Waals surface area contributed by atoms with E-state index in [0.717, 1.165) is 30.5 Å². The Morgan fingerprint density at radius 3 is 2.57 bits per heavy atom. The molecule has 1 saturated heterocycles. The van der Waals surface area contributed by atoms with Crippen molar-refractivity contribution in [1.82, 2.24) is 9.80 Å². The van der Waals surface area contributed by atoms with Gasteiger partial charge in [-0.3, -0.25) is 4.90 Å². The van der Waals surface area contributed by atoms with Gasteiger partial charge >= 0.3 is 5.97 Å². The summed E-state index contributed by atoms with van der Waals surface area (Å²) in [5.74, 6) is -0.0730. The number of fused-ring (bicyclic) bond motifs is 1. The number of hydrogen-bond donors (Lipinski definition) is 0. The molecule has 2 aliphatic heterocycles. The molecule has 1 aromatic carbocycles. The minimum Gasteiger partial charge on any atom is -0.465 e. The fraction of sp³-hybridized carbons (Fsp3) is 0.696. The molecule has 156 valence electrons. The summed E-state index contributed by atoms with van der Waals surface area (Å²) in [6.07, 6.45) is 5.36. The summed E-state index contributed by atoms with van der Waals surface area (Å²) in [5.41, 5.74) is 2.03. The van der Waals surface area contributed by atoms with Crippen LogP contribution in [0.15, 0.2) is 12.1 Å². The van der Waals surface area contributed by atoms with E-state index in [1.54, 1.807) is 0 Å². The SMILES string of the molecule is CCC1Cc2c(F)cc(C(=O)OC)cc2CN1CC1CC(C)N(C)C(CC)C1. The van der Waals surface area contributed by atoms with Crippen molar-refractivity contribution in [3.63, 3.8) is 0 Å². The summed E-state index contributed by atoms with van der Waals surface area (Å²) >= 11 is 0. The van der Waals surface area contributed by atoms with Gasteiger partial charge in [0.05, 0.1) is 12.7 Å². The Hall–Kier alpha value is -1.46. The summed E-state index contributed by atoms with van der Waals surface area (Å²) in [6.45, 7) is 8.56. The maximum atomic E-state index is 14.7. The molecule has 0 saturated carbocycles. The van der Waals surface area contributed by atoms with Gasteiger partial charge in [0.25, 0.3) is 0 Å². The predicted molar refractivity (Wildman–Crippen MR) is 110 cm³/mol. The molecule has 0 bridgehead atoms. The highest BCUT2D eigenvalue weighted by Gasteiger charge is 2.34. The predicted octanol–water partition coefficient (Wildman–Crippen LogP) is 4.26. The van der Waals surface area contributed by atoms with Crippen LogP contribution in [0.4, 0.5) is 4.39 Å². The number of esters is 1. The number of likely N-dealkylation sites (tertiary alicyclic amines) is 1. The fourth-order valence-corrected chi connectivity index (χ4v) is 5.22. The molecule has 0 aliphatic carbocycles. The van der Waals surface area contributed by atoms with Crippen LogP contribution in [0, 0.1) is 11.7 Å². The Labute approximate surface area is 169 Å². The summed E-state index contributed by atoms with van der Waals surface area (Å²) in [5, 5.41) is 0. The summed E-state index contributed by atoms with van der Waals surface area (Å²) in [6, 6.07) is 4.77. The Kier molecular flexibility index (Phi) is 6.77. The van der Waals surface area contributed by atoms with Crippen LogP contribution in [-0.4, -0.2) is 54.6 Å². The minimum absolute atomic E-state index is 0.269. The van der Waals surface area contributed by atoms with Crippen LogP contribution in [0.5, 0.6) is 0 Å². The van der Waals surface area contributed by atoms with E-state index < -0.39 is 5.97 Å². The normalized spacial score (nSPS) is 28.8. The quantitative estimate of drug-likeness (QED) is 0.704. The van der Waals surface area contributed by atoms with Crippen molar-refractivity contribution in [2.45, 2.75) is 77.5 Å². The third kappa shape index (κ3) is 4.25. The lowest BCUT2D eigenvalue weighted by Crippen LogP contribution is -2.49. The van der Waals surface area contributed by atoms with E-state index in [-0.39, 0.29) is 5.82 Å². The van der Waals surface area contributed by atoms with Gasteiger partial charge in [-0.2, -0.15) is 0 Å². The maximum absolute atomic E-state index is 14.7. The van der Waals surface area contributed by atoms with Crippen LogP contribution in [0.2, 0.25) is 0 Å². The van der Waals surface area contributed by atoms with Crippen LogP contribution < -0.4 is 0 Å². The molecule has 0 spiro atoms. The van der Waals surface area contributed by atoms with E-state index in [2.05, 4.69) is 37.6 Å². The zero-order chi connectivity index (χ0) is 20.4. The number of methoxy groups -OCH3 is 1. The average Bonchev–Trinajstić information content (AvgIpc) is 2.69. The van der Waals surface area contributed by atoms with E-state index in [1.165, 1.54) is 32.4 Å². The Morgan fingerprint density at radius 1 is 1.21 bits per heavy atom. The van der Waals surface area contributed by atoms with Gasteiger partial charge in [0, 0.05) is 31.2 Å². The van der Waals surface area contributed by atoms with E-state index >= 15 is 0 Å². The molecule has 0 aromatic heterocycles. The maximum Gasteiger partial charge on any atom is 0.337 e. The Morgan fingerprint density at radius 2 is 1.93 bits per heavy atom. The number of carbonyl (C=O) groups excluding carboxylic acids is 1. The van der Waals surface area contributed by atoms with Crippen molar-refractivity contribution in [1.29, 1.82) is 0 Å². The molecule has 0 N–H and O–H groups in total. The Balaban J connectivity index is 1.80. The number of hydrogen-bond acceptors (Lipinski definition) is 4. The van der Waals surface area contributed by atoms with Crippen molar-refractivity contribution in [2.75, 3.05) is 20.7 Å². The third-order valence-corrected chi connectivity index (χ3v) is 7.02. The van der Waals surface area contributed by atoms with Crippen molar-refractivity contribution in [3.8, 4) is 0 Å². The number of piperidine rings is 1. The van der Waals surface area contributed by atoms with Gasteiger partial charge in [-0.1, -0.05) is 13.8 Å². The first-order valence-electron chi connectivity index (χ1n) is 10.7. The van der Waals surface area contributed by atoms with Crippen molar-refractivity contribution < 1.29 is 13.9 Å². The zero-order valence-corrected chi connectivity index (χ0v) is 18.0. The number of carbonyl (C=O) groups is 1. The van der Waals surface area contributed by atoms with Gasteiger partial charge in [0.1, 0.15) is 5.82 Å². The summed E-state index contributed by atoms with van der Waals surface area (Å²) < 4.78 is 19.5. The molecule has 0 amide bonds. The van der Waals surface area contributed by atoms with Gasteiger partial charge in [-0.25, -0.2) is 9.18 Å². The van der Waals surface area contributed by atoms with Gasteiger partial charge in [0.15, 0.2) is 0 Å². The molecule has 3 rings (SSSR count). The highest BCUT2D eigenvalue weighted by molar-refractivity contribution is 5.89. The lowest BCUT2D eigenvalue weighted by molar-refractivity contribution is 0.0502. The molecule has 4 atom stereocenters. The van der Waals surface area contributed by atoms with Crippen LogP contribution in [0.25, 0.3) is 0 Å². The number of nitrogens with zero attached hydrogens (tertiary/aromatic N) is 2. The first-order chi connectivity index (χ1) is 13.4. The molecule has 2 aliphatic rings. The van der Waals surface area contributed by atoms with E-state index in [1.807, 2.05) is 6.07 Å². The second kappa shape index (κ2) is 8.91. The van der Waals surface area contributed by atoms with Gasteiger partial charge < -0.3 is 9.64 Å². The van der Waals surface area contributed by atoms with Crippen LogP contribution in [0.3, 0.4) is 0 Å². The number of ether oxygens (including phenoxy) is 1. The lowest BCUT2D eigenvalue weighted by Gasteiger charge is -2.45. The van der Waals surface area contributed by atoms with E-state index in [4.69, 9.17) is 4.74 Å². The summed E-state index contributed by atoms with van der Waals surface area (Å²) in [7, 11) is 3.59. The molecular weight excluding hydrogens is 355 g/mol. The zero-order valence-electron chi connectivity index (χ0n) is 18.0. The lowest BCUT2D eigenvalue weighted by atomic mass is 9.83. The third-order valence-electron chi connectivity index (χ3n) is 7.02. The molecule has 4 unspecified atom stereocenters. The van der Waals surface area contributed by atoms with Crippen molar-refractivity contribution in [2.24, 2.45) is 5.92 Å². The molecule has 1 fully saturated rings. The van der Waals surface area contributed by atoms with Gasteiger partial charge in [-0.05, 0) is 75.3 Å². The molecule has 4 nitrogen and oxygen atoms in total. The molecule has 1 aromatic rings. The monoisotopic (exact) mass is 390 g/mol. The first kappa shape index (κ1) is 21.3. The number of rotatable bonds is 5. The molecule has 2 heterocycles. The standard InChI is InChI=1S/C23H35FN2O2/c1-6-19-9-16(8-15(3)25(19)4)13-26-14-18-10-17(23(27)28-5)11-22(24)21(18)12-20(26)7-2/h10-11,15-16,19-20H,6-9,12-14H2,1-5H3. The topological polar surface area (TPSA) is 32.8 Å². The van der Waals surface area contributed by atoms with E-state index in [9.17, 15) is 9.18 Å². The van der Waals surface area contributed by atoms with E-state index in [0.29, 0.717) is 36.2 Å². The largest absolute Gasteiger partial charge is 0.465 e. The van der Waals surface area contributed by atoms with Crippen LogP contribution in [0.1, 0.15) is 67.9 Å². The second-order valence-corrected chi connectivity index (χ2v) is 8.70. The highest BCUT2D eigenvalue weighted by Crippen LogP contribution is 2.33. The smallest absolute Gasteiger partial charge is 0.337 e. The second-order valence-electron chi connectivity index (χ2n) is 8.70. The number of halogens is 1. The van der Waals surface area contributed by atoms with Crippen LogP contribution in [-0.2, 0) is 17.7 Å². The Bertz CT molecular complexity index is 708. The van der Waals surface area contributed by atoms with Gasteiger partial charge in [-0.15, -0.1) is 0 Å². The number of benzene rings is 1. The highest BCUT2D eigenvalue weighted by atomic mass is 19.1. The summed E-state index contributed by atoms with van der Waals surface area (Å²) in [4.78, 5) is 17.0. The van der Waals surface area contributed by atoms with Gasteiger partial charge in [0.2, 0.25) is 0 Å². The molecule has 0 radical (unpaired) electrons. The molecule has 28 heavy (non-hydrogen) atoms.